The van der Waals surface area contributed by atoms with Gasteiger partial charge in [0, 0.05) is 19.5 Å². The summed E-state index contributed by atoms with van der Waals surface area (Å²) >= 11 is 1.34. The van der Waals surface area contributed by atoms with Crippen molar-refractivity contribution in [1.29, 1.82) is 0 Å². The lowest BCUT2D eigenvalue weighted by atomic mass is 10.1. The Kier molecular flexibility index (Phi) is 6.72. The normalized spacial score (nSPS) is 11.7. The van der Waals surface area contributed by atoms with Gasteiger partial charge in [0.05, 0.1) is 10.8 Å². The van der Waals surface area contributed by atoms with E-state index in [2.05, 4.69) is 10.6 Å². The van der Waals surface area contributed by atoms with Crippen LogP contribution in [0.1, 0.15) is 29.4 Å². The van der Waals surface area contributed by atoms with Crippen molar-refractivity contribution in [1.82, 2.24) is 10.6 Å². The van der Waals surface area contributed by atoms with Gasteiger partial charge in [0.15, 0.2) is 0 Å². The Bertz CT molecular complexity index is 459. The summed E-state index contributed by atoms with van der Waals surface area (Å²) in [6.45, 7) is 2.18. The van der Waals surface area contributed by atoms with Crippen molar-refractivity contribution in [2.75, 3.05) is 13.1 Å². The van der Waals surface area contributed by atoms with Crippen LogP contribution >= 0.6 is 11.3 Å². The highest BCUT2D eigenvalue weighted by Crippen LogP contribution is 2.07. The van der Waals surface area contributed by atoms with E-state index in [1.165, 1.54) is 11.3 Å². The zero-order chi connectivity index (χ0) is 15.0. The van der Waals surface area contributed by atoms with Crippen LogP contribution in [0.5, 0.6) is 0 Å². The molecule has 0 aromatic carbocycles. The van der Waals surface area contributed by atoms with E-state index in [0.29, 0.717) is 17.8 Å². The molecule has 0 saturated heterocycles. The number of carbonyl (C=O) groups is 3. The van der Waals surface area contributed by atoms with Gasteiger partial charge < -0.3 is 15.7 Å². The zero-order valence-corrected chi connectivity index (χ0v) is 12.0. The van der Waals surface area contributed by atoms with E-state index in [4.69, 9.17) is 5.11 Å². The molecule has 0 radical (unpaired) electrons. The van der Waals surface area contributed by atoms with Gasteiger partial charge in [-0.05, 0) is 17.9 Å². The van der Waals surface area contributed by atoms with E-state index < -0.39 is 11.9 Å². The van der Waals surface area contributed by atoms with Crippen LogP contribution in [-0.2, 0) is 9.59 Å². The van der Waals surface area contributed by atoms with E-state index in [1.807, 2.05) is 5.38 Å². The largest absolute Gasteiger partial charge is 0.481 e. The van der Waals surface area contributed by atoms with Crippen molar-refractivity contribution in [3.05, 3.63) is 22.4 Å². The number of aliphatic carboxylic acids is 1. The Labute approximate surface area is 121 Å². The monoisotopic (exact) mass is 298 g/mol. The summed E-state index contributed by atoms with van der Waals surface area (Å²) in [6.07, 6.45) is 0.571. The fraction of sp³-hybridized carbons (Fsp3) is 0.462. The highest BCUT2D eigenvalue weighted by molar-refractivity contribution is 7.12. The molecule has 1 unspecified atom stereocenters. The number of hydrogen-bond donors (Lipinski definition) is 3. The first kappa shape index (κ1) is 16.2. The molecule has 1 atom stereocenters. The molecule has 7 heteroatoms. The summed E-state index contributed by atoms with van der Waals surface area (Å²) in [5, 5.41) is 15.8. The van der Waals surface area contributed by atoms with E-state index in [9.17, 15) is 14.4 Å². The average molecular weight is 298 g/mol. The minimum atomic E-state index is -0.873. The van der Waals surface area contributed by atoms with Crippen LogP contribution in [-0.4, -0.2) is 36.0 Å². The van der Waals surface area contributed by atoms with E-state index >= 15 is 0 Å². The first-order valence-corrected chi connectivity index (χ1v) is 7.20. The molecule has 1 heterocycles. The van der Waals surface area contributed by atoms with Gasteiger partial charge in [-0.1, -0.05) is 13.0 Å². The van der Waals surface area contributed by atoms with Crippen LogP contribution in [0.25, 0.3) is 0 Å². The molecular formula is C13H18N2O4S. The molecule has 0 saturated carbocycles. The highest BCUT2D eigenvalue weighted by atomic mass is 32.1. The Morgan fingerprint density at radius 3 is 2.65 bits per heavy atom. The minimum absolute atomic E-state index is 0.179. The second kappa shape index (κ2) is 8.31. The maximum Gasteiger partial charge on any atom is 0.306 e. The molecule has 0 spiro atoms. The molecule has 6 nitrogen and oxygen atoms in total. The van der Waals surface area contributed by atoms with Crippen LogP contribution in [0.3, 0.4) is 0 Å². The maximum absolute atomic E-state index is 11.6. The third-order valence-electron chi connectivity index (χ3n) is 2.70. The van der Waals surface area contributed by atoms with E-state index in [0.717, 1.165) is 0 Å². The van der Waals surface area contributed by atoms with Crippen molar-refractivity contribution >= 4 is 29.1 Å². The molecule has 0 aliphatic rings. The van der Waals surface area contributed by atoms with Gasteiger partial charge in [0.2, 0.25) is 5.91 Å². The van der Waals surface area contributed by atoms with Gasteiger partial charge in [0.1, 0.15) is 0 Å². The molecule has 110 valence electrons. The number of carboxylic acids is 1. The lowest BCUT2D eigenvalue weighted by Crippen LogP contribution is -2.31. The molecule has 0 aliphatic carbocycles. The lowest BCUT2D eigenvalue weighted by Gasteiger charge is -2.08. The number of nitrogens with one attached hydrogen (secondary N) is 2. The fourth-order valence-corrected chi connectivity index (χ4v) is 2.06. The molecule has 20 heavy (non-hydrogen) atoms. The Balaban J connectivity index is 2.11. The smallest absolute Gasteiger partial charge is 0.306 e. The standard InChI is InChI=1S/C13H18N2O4S/c1-9(13(18)19)4-6-14-11(16)5-7-15-12(17)10-3-2-8-20-10/h2-3,8-9H,4-7H2,1H3,(H,14,16)(H,15,17)(H,18,19). The van der Waals surface area contributed by atoms with Crippen molar-refractivity contribution in [2.24, 2.45) is 5.92 Å². The van der Waals surface area contributed by atoms with Crippen LogP contribution in [0, 0.1) is 5.92 Å². The number of carbonyl (C=O) groups excluding carboxylic acids is 2. The predicted molar refractivity (Wildman–Crippen MR) is 75.7 cm³/mol. The molecule has 2 amide bonds. The Morgan fingerprint density at radius 2 is 2.05 bits per heavy atom. The minimum Gasteiger partial charge on any atom is -0.481 e. The lowest BCUT2D eigenvalue weighted by molar-refractivity contribution is -0.141. The number of carboxylic acid groups (broad SMARTS) is 1. The SMILES string of the molecule is CC(CCNC(=O)CCNC(=O)c1cccs1)C(=O)O. The van der Waals surface area contributed by atoms with Gasteiger partial charge in [-0.25, -0.2) is 0 Å². The number of rotatable bonds is 8. The molecule has 0 fully saturated rings. The second-order valence-corrected chi connectivity index (χ2v) is 5.31. The first-order valence-electron chi connectivity index (χ1n) is 6.32. The summed E-state index contributed by atoms with van der Waals surface area (Å²) in [5.41, 5.74) is 0. The van der Waals surface area contributed by atoms with Crippen LogP contribution < -0.4 is 10.6 Å². The maximum atomic E-state index is 11.6. The Morgan fingerprint density at radius 1 is 1.30 bits per heavy atom. The van der Waals surface area contributed by atoms with E-state index in [1.54, 1.807) is 19.1 Å². The van der Waals surface area contributed by atoms with Crippen molar-refractivity contribution in [3.63, 3.8) is 0 Å². The van der Waals surface area contributed by atoms with Crippen molar-refractivity contribution < 1.29 is 19.5 Å². The van der Waals surface area contributed by atoms with Gasteiger partial charge in [-0.2, -0.15) is 0 Å². The topological polar surface area (TPSA) is 95.5 Å². The summed E-state index contributed by atoms with van der Waals surface area (Å²) in [4.78, 5) is 34.2. The molecule has 3 N–H and O–H groups in total. The molecule has 1 rings (SSSR count). The summed E-state index contributed by atoms with van der Waals surface area (Å²) in [5.74, 6) is -1.74. The van der Waals surface area contributed by atoms with Crippen LogP contribution in [0.4, 0.5) is 0 Å². The molecular weight excluding hydrogens is 280 g/mol. The second-order valence-electron chi connectivity index (χ2n) is 4.36. The molecule has 1 aromatic rings. The molecule has 1 aromatic heterocycles. The summed E-state index contributed by atoms with van der Waals surface area (Å²) in [7, 11) is 0. The highest BCUT2D eigenvalue weighted by Gasteiger charge is 2.11. The summed E-state index contributed by atoms with van der Waals surface area (Å²) < 4.78 is 0. The zero-order valence-electron chi connectivity index (χ0n) is 11.2. The van der Waals surface area contributed by atoms with Crippen molar-refractivity contribution in [2.45, 2.75) is 19.8 Å². The molecule has 0 aliphatic heterocycles. The van der Waals surface area contributed by atoms with Crippen molar-refractivity contribution in [3.8, 4) is 0 Å². The Hall–Kier alpha value is -1.89. The summed E-state index contributed by atoms with van der Waals surface area (Å²) in [6, 6.07) is 3.50. The van der Waals surface area contributed by atoms with Crippen LogP contribution in [0.2, 0.25) is 0 Å². The van der Waals surface area contributed by atoms with Crippen LogP contribution in [0.15, 0.2) is 17.5 Å². The van der Waals surface area contributed by atoms with Gasteiger partial charge in [-0.15, -0.1) is 11.3 Å². The third kappa shape index (κ3) is 5.83. The quantitative estimate of drug-likeness (QED) is 0.669. The number of amides is 2. The number of hydrogen-bond acceptors (Lipinski definition) is 4. The average Bonchev–Trinajstić information content (AvgIpc) is 2.92. The molecule has 0 bridgehead atoms. The van der Waals surface area contributed by atoms with Gasteiger partial charge in [0.25, 0.3) is 5.91 Å². The van der Waals surface area contributed by atoms with Gasteiger partial charge >= 0.3 is 5.97 Å². The number of thiophene rings is 1. The fourth-order valence-electron chi connectivity index (χ4n) is 1.42. The van der Waals surface area contributed by atoms with E-state index in [-0.39, 0.29) is 24.8 Å². The predicted octanol–water partition coefficient (Wildman–Crippen LogP) is 1.09. The first-order chi connectivity index (χ1) is 9.50. The van der Waals surface area contributed by atoms with Gasteiger partial charge in [-0.3, -0.25) is 14.4 Å². The third-order valence-corrected chi connectivity index (χ3v) is 3.57.